The van der Waals surface area contributed by atoms with Crippen LogP contribution in [0.1, 0.15) is 30.9 Å². The van der Waals surface area contributed by atoms with E-state index in [0.29, 0.717) is 13.1 Å². The van der Waals surface area contributed by atoms with Gasteiger partial charge in [0, 0.05) is 31.0 Å². The van der Waals surface area contributed by atoms with Gasteiger partial charge in [-0.05, 0) is 31.4 Å². The number of rotatable bonds is 4. The van der Waals surface area contributed by atoms with Crippen molar-refractivity contribution in [1.29, 1.82) is 0 Å². The molecule has 1 aromatic rings. The SMILES string of the molecule is CS(=O)(=O)NC1CCCN(C(=O)C2CC2c2ccco2)C1. The van der Waals surface area contributed by atoms with Gasteiger partial charge < -0.3 is 9.32 Å². The molecule has 2 fully saturated rings. The molecular weight excluding hydrogens is 292 g/mol. The van der Waals surface area contributed by atoms with E-state index in [4.69, 9.17) is 4.42 Å². The molecule has 1 saturated carbocycles. The first-order chi connectivity index (χ1) is 9.94. The lowest BCUT2D eigenvalue weighted by Crippen LogP contribution is -2.49. The highest BCUT2D eigenvalue weighted by Crippen LogP contribution is 2.48. The van der Waals surface area contributed by atoms with Crippen molar-refractivity contribution < 1.29 is 17.6 Å². The number of sulfonamides is 1. The van der Waals surface area contributed by atoms with Gasteiger partial charge in [-0.15, -0.1) is 0 Å². The zero-order chi connectivity index (χ0) is 15.0. The van der Waals surface area contributed by atoms with Crippen molar-refractivity contribution in [2.75, 3.05) is 19.3 Å². The van der Waals surface area contributed by atoms with E-state index in [1.165, 1.54) is 0 Å². The number of likely N-dealkylation sites (tertiary alicyclic amines) is 1. The average molecular weight is 312 g/mol. The predicted octanol–water partition coefficient (Wildman–Crippen LogP) is 0.923. The molecule has 1 N–H and O–H groups in total. The van der Waals surface area contributed by atoms with Crippen molar-refractivity contribution >= 4 is 15.9 Å². The molecule has 2 aliphatic rings. The van der Waals surface area contributed by atoms with Crippen molar-refractivity contribution in [3.8, 4) is 0 Å². The second-order valence-electron chi connectivity index (χ2n) is 5.98. The van der Waals surface area contributed by atoms with E-state index < -0.39 is 10.0 Å². The van der Waals surface area contributed by atoms with Crippen LogP contribution in [0, 0.1) is 5.92 Å². The van der Waals surface area contributed by atoms with Gasteiger partial charge in [0.05, 0.1) is 12.5 Å². The molecule has 116 valence electrons. The third-order valence-corrected chi connectivity index (χ3v) is 4.89. The minimum atomic E-state index is -3.23. The van der Waals surface area contributed by atoms with E-state index in [0.717, 1.165) is 31.3 Å². The topological polar surface area (TPSA) is 79.6 Å². The van der Waals surface area contributed by atoms with Gasteiger partial charge in [0.2, 0.25) is 15.9 Å². The molecule has 1 amide bonds. The Morgan fingerprint density at radius 1 is 1.48 bits per heavy atom. The molecular formula is C14H20N2O4S. The van der Waals surface area contributed by atoms with Crippen molar-refractivity contribution in [2.45, 2.75) is 31.2 Å². The number of nitrogens with zero attached hydrogens (tertiary/aromatic N) is 1. The summed E-state index contributed by atoms with van der Waals surface area (Å²) in [7, 11) is -3.23. The molecule has 1 saturated heterocycles. The zero-order valence-electron chi connectivity index (χ0n) is 12.0. The van der Waals surface area contributed by atoms with Crippen LogP contribution in [0.5, 0.6) is 0 Å². The van der Waals surface area contributed by atoms with Crippen LogP contribution in [-0.4, -0.2) is 44.6 Å². The predicted molar refractivity (Wildman–Crippen MR) is 77.1 cm³/mol. The molecule has 2 heterocycles. The Labute approximate surface area is 124 Å². The maximum absolute atomic E-state index is 12.5. The molecule has 6 nitrogen and oxygen atoms in total. The largest absolute Gasteiger partial charge is 0.469 e. The molecule has 7 heteroatoms. The van der Waals surface area contributed by atoms with Crippen molar-refractivity contribution in [3.63, 3.8) is 0 Å². The Hall–Kier alpha value is -1.34. The number of piperidine rings is 1. The van der Waals surface area contributed by atoms with Crippen LogP contribution in [0.4, 0.5) is 0 Å². The quantitative estimate of drug-likeness (QED) is 0.897. The molecule has 3 unspecified atom stereocenters. The Kier molecular flexibility index (Phi) is 3.79. The van der Waals surface area contributed by atoms with Crippen LogP contribution >= 0.6 is 0 Å². The molecule has 0 bridgehead atoms. The number of nitrogens with one attached hydrogen (secondary N) is 1. The van der Waals surface area contributed by atoms with Gasteiger partial charge in [-0.2, -0.15) is 0 Å². The first-order valence-corrected chi connectivity index (χ1v) is 9.12. The lowest BCUT2D eigenvalue weighted by Gasteiger charge is -2.33. The highest BCUT2D eigenvalue weighted by molar-refractivity contribution is 7.88. The molecule has 1 aliphatic heterocycles. The molecule has 3 atom stereocenters. The first kappa shape index (κ1) is 14.6. The van der Waals surface area contributed by atoms with Gasteiger partial charge in [0.15, 0.2) is 0 Å². The fraction of sp³-hybridized carbons (Fsp3) is 0.643. The van der Waals surface area contributed by atoms with E-state index in [2.05, 4.69) is 4.72 Å². The average Bonchev–Trinajstić information content (AvgIpc) is 3.02. The Bertz CT molecular complexity index is 611. The van der Waals surface area contributed by atoms with Gasteiger partial charge in [0.25, 0.3) is 0 Å². The van der Waals surface area contributed by atoms with Crippen molar-refractivity contribution in [2.24, 2.45) is 5.92 Å². The summed E-state index contributed by atoms with van der Waals surface area (Å²) in [5.74, 6) is 1.18. The molecule has 0 spiro atoms. The first-order valence-electron chi connectivity index (χ1n) is 7.23. The van der Waals surface area contributed by atoms with Crippen LogP contribution in [-0.2, 0) is 14.8 Å². The normalized spacial score (nSPS) is 29.4. The van der Waals surface area contributed by atoms with Crippen LogP contribution in [0.15, 0.2) is 22.8 Å². The molecule has 3 rings (SSSR count). The Morgan fingerprint density at radius 3 is 2.95 bits per heavy atom. The fourth-order valence-corrected chi connectivity index (χ4v) is 3.89. The van der Waals surface area contributed by atoms with Gasteiger partial charge in [-0.1, -0.05) is 0 Å². The van der Waals surface area contributed by atoms with Crippen molar-refractivity contribution in [1.82, 2.24) is 9.62 Å². The van der Waals surface area contributed by atoms with Gasteiger partial charge in [0.1, 0.15) is 5.76 Å². The van der Waals surface area contributed by atoms with E-state index in [1.807, 2.05) is 12.1 Å². The molecule has 0 aromatic carbocycles. The van der Waals surface area contributed by atoms with E-state index in [1.54, 1.807) is 11.2 Å². The third kappa shape index (κ3) is 3.47. The number of hydrogen-bond donors (Lipinski definition) is 1. The minimum absolute atomic E-state index is 0.00636. The van der Waals surface area contributed by atoms with Crippen LogP contribution < -0.4 is 4.72 Å². The minimum Gasteiger partial charge on any atom is -0.469 e. The zero-order valence-corrected chi connectivity index (χ0v) is 12.8. The maximum atomic E-state index is 12.5. The summed E-state index contributed by atoms with van der Waals surface area (Å²) in [6.45, 7) is 1.18. The van der Waals surface area contributed by atoms with Gasteiger partial charge >= 0.3 is 0 Å². The summed E-state index contributed by atoms with van der Waals surface area (Å²) in [6, 6.07) is 3.57. The lowest BCUT2D eigenvalue weighted by molar-refractivity contribution is -0.134. The summed E-state index contributed by atoms with van der Waals surface area (Å²) in [5, 5.41) is 0. The number of carbonyl (C=O) groups excluding carboxylic acids is 1. The lowest BCUT2D eigenvalue weighted by atomic mass is 10.1. The summed E-state index contributed by atoms with van der Waals surface area (Å²) < 4.78 is 30.6. The number of amides is 1. The summed E-state index contributed by atoms with van der Waals surface area (Å²) in [6.07, 6.45) is 5.22. The second kappa shape index (κ2) is 5.46. The second-order valence-corrected chi connectivity index (χ2v) is 7.76. The van der Waals surface area contributed by atoms with E-state index in [-0.39, 0.29) is 23.8 Å². The fourth-order valence-electron chi connectivity index (χ4n) is 3.10. The van der Waals surface area contributed by atoms with E-state index in [9.17, 15) is 13.2 Å². The molecule has 1 aliphatic carbocycles. The molecule has 1 aromatic heterocycles. The van der Waals surface area contributed by atoms with Gasteiger partial charge in [-0.3, -0.25) is 4.79 Å². The maximum Gasteiger partial charge on any atom is 0.226 e. The van der Waals surface area contributed by atoms with Crippen LogP contribution in [0.2, 0.25) is 0 Å². The highest BCUT2D eigenvalue weighted by Gasteiger charge is 2.48. The molecule has 0 radical (unpaired) electrons. The van der Waals surface area contributed by atoms with Crippen LogP contribution in [0.3, 0.4) is 0 Å². The van der Waals surface area contributed by atoms with E-state index >= 15 is 0 Å². The highest BCUT2D eigenvalue weighted by atomic mass is 32.2. The third-order valence-electron chi connectivity index (χ3n) is 4.13. The Balaban J connectivity index is 1.58. The monoisotopic (exact) mass is 312 g/mol. The number of carbonyl (C=O) groups is 1. The number of hydrogen-bond acceptors (Lipinski definition) is 4. The number of furan rings is 1. The summed E-state index contributed by atoms with van der Waals surface area (Å²) >= 11 is 0. The van der Waals surface area contributed by atoms with Crippen LogP contribution in [0.25, 0.3) is 0 Å². The molecule has 21 heavy (non-hydrogen) atoms. The van der Waals surface area contributed by atoms with Gasteiger partial charge in [-0.25, -0.2) is 13.1 Å². The standard InChI is InChI=1S/C14H20N2O4S/c1-21(18,19)15-10-4-2-6-16(9-10)14(17)12-8-11(12)13-5-3-7-20-13/h3,5,7,10-12,15H,2,4,6,8-9H2,1H3. The van der Waals surface area contributed by atoms with Crippen molar-refractivity contribution in [3.05, 3.63) is 24.2 Å². The summed E-state index contributed by atoms with van der Waals surface area (Å²) in [5.41, 5.74) is 0. The summed E-state index contributed by atoms with van der Waals surface area (Å²) in [4.78, 5) is 14.3. The Morgan fingerprint density at radius 2 is 2.29 bits per heavy atom. The smallest absolute Gasteiger partial charge is 0.226 e.